The fraction of sp³-hybridized carbons (Fsp3) is 0.375. The van der Waals surface area contributed by atoms with E-state index in [4.69, 9.17) is 11.5 Å². The minimum absolute atomic E-state index is 0.120. The number of nitrogens with zero attached hydrogens (tertiary/aromatic N) is 1. The molecule has 2 aromatic rings. The van der Waals surface area contributed by atoms with E-state index < -0.39 is 24.0 Å². The van der Waals surface area contributed by atoms with Gasteiger partial charge in [0.25, 0.3) is 5.91 Å². The molecule has 2 amide bonds. The lowest BCUT2D eigenvalue weighted by Gasteiger charge is -2.19. The Morgan fingerprint density at radius 2 is 1.85 bits per heavy atom. The number of alkyl halides is 1. The lowest BCUT2D eigenvalue weighted by atomic mass is 9.94. The molecule has 0 aromatic heterocycles. The van der Waals surface area contributed by atoms with Gasteiger partial charge < -0.3 is 21.5 Å². The minimum Gasteiger partial charge on any atom is -0.383 e. The molecule has 7 nitrogen and oxygen atoms in total. The van der Waals surface area contributed by atoms with Crippen molar-refractivity contribution in [2.24, 2.45) is 21.9 Å². The van der Waals surface area contributed by atoms with E-state index in [1.807, 2.05) is 31.2 Å². The highest BCUT2D eigenvalue weighted by molar-refractivity contribution is 8.00. The Balaban J connectivity index is 2.03. The molecule has 2 aromatic carbocycles. The van der Waals surface area contributed by atoms with Gasteiger partial charge >= 0.3 is 0 Å². The topological polar surface area (TPSA) is 123 Å². The SMILES string of the molecule is CCCCC(N)C(=O)N=C(N)c1cccc(SNc2cccc(NC(=O)C(C)(C)CF)c2)c1. The Morgan fingerprint density at radius 1 is 1.15 bits per heavy atom. The smallest absolute Gasteiger partial charge is 0.264 e. The van der Waals surface area contributed by atoms with Gasteiger partial charge in [-0.05, 0) is 62.5 Å². The second-order valence-corrected chi connectivity index (χ2v) is 9.25. The number of anilines is 2. The van der Waals surface area contributed by atoms with Gasteiger partial charge in [0.1, 0.15) is 12.5 Å². The fourth-order valence-corrected chi connectivity index (χ4v) is 3.37. The van der Waals surface area contributed by atoms with E-state index >= 15 is 0 Å². The average Bonchev–Trinajstić information content (AvgIpc) is 2.81. The highest BCUT2D eigenvalue weighted by Gasteiger charge is 2.27. The van der Waals surface area contributed by atoms with Crippen LogP contribution in [0.15, 0.2) is 58.4 Å². The molecule has 0 heterocycles. The van der Waals surface area contributed by atoms with Gasteiger partial charge in [-0.1, -0.05) is 38.0 Å². The molecule has 0 saturated heterocycles. The summed E-state index contributed by atoms with van der Waals surface area (Å²) in [6.07, 6.45) is 2.40. The maximum absolute atomic E-state index is 13.0. The van der Waals surface area contributed by atoms with Crippen LogP contribution in [0.5, 0.6) is 0 Å². The van der Waals surface area contributed by atoms with Gasteiger partial charge in [-0.3, -0.25) is 9.59 Å². The maximum Gasteiger partial charge on any atom is 0.264 e. The van der Waals surface area contributed by atoms with Crippen LogP contribution in [0.4, 0.5) is 15.8 Å². The zero-order valence-electron chi connectivity index (χ0n) is 19.2. The normalized spacial score (nSPS) is 12.8. The lowest BCUT2D eigenvalue weighted by molar-refractivity contribution is -0.124. The number of nitrogens with two attached hydrogens (primary N) is 2. The molecule has 0 spiro atoms. The molecule has 0 saturated carbocycles. The number of aliphatic imine (C=N–C) groups is 1. The summed E-state index contributed by atoms with van der Waals surface area (Å²) in [5.74, 6) is -0.692. The number of amidine groups is 1. The van der Waals surface area contributed by atoms with Crippen molar-refractivity contribution in [1.29, 1.82) is 0 Å². The average molecular weight is 474 g/mol. The largest absolute Gasteiger partial charge is 0.383 e. The van der Waals surface area contributed by atoms with E-state index in [0.29, 0.717) is 17.7 Å². The number of amides is 2. The molecule has 0 bridgehead atoms. The fourth-order valence-electron chi connectivity index (χ4n) is 2.67. The molecule has 0 aliphatic carbocycles. The van der Waals surface area contributed by atoms with Crippen LogP contribution in [0.3, 0.4) is 0 Å². The van der Waals surface area contributed by atoms with Gasteiger partial charge in [0, 0.05) is 21.8 Å². The number of unbranched alkanes of at least 4 members (excludes halogenated alkanes) is 1. The molecule has 2 rings (SSSR count). The Morgan fingerprint density at radius 3 is 2.55 bits per heavy atom. The van der Waals surface area contributed by atoms with Crippen molar-refractivity contribution in [2.45, 2.75) is 51.0 Å². The summed E-state index contributed by atoms with van der Waals surface area (Å²) in [4.78, 5) is 29.2. The molecule has 0 aliphatic heterocycles. The summed E-state index contributed by atoms with van der Waals surface area (Å²) in [6.45, 7) is 4.39. The van der Waals surface area contributed by atoms with Crippen LogP contribution in [0.25, 0.3) is 0 Å². The first-order chi connectivity index (χ1) is 15.7. The number of carbonyl (C=O) groups is 2. The van der Waals surface area contributed by atoms with E-state index in [2.05, 4.69) is 15.0 Å². The molecular formula is C24H32FN5O2S. The third-order valence-electron chi connectivity index (χ3n) is 4.90. The van der Waals surface area contributed by atoms with E-state index in [1.54, 1.807) is 38.1 Å². The zero-order chi connectivity index (χ0) is 24.4. The van der Waals surface area contributed by atoms with Crippen LogP contribution in [0.1, 0.15) is 45.6 Å². The van der Waals surface area contributed by atoms with Crippen LogP contribution >= 0.6 is 11.9 Å². The van der Waals surface area contributed by atoms with Gasteiger partial charge in [0.15, 0.2) is 0 Å². The number of hydrogen-bond acceptors (Lipinski definition) is 5. The number of rotatable bonds is 11. The highest BCUT2D eigenvalue weighted by atomic mass is 32.2. The van der Waals surface area contributed by atoms with Gasteiger partial charge in [0.05, 0.1) is 11.5 Å². The van der Waals surface area contributed by atoms with Crippen LogP contribution in [0.2, 0.25) is 0 Å². The van der Waals surface area contributed by atoms with Gasteiger partial charge in [-0.15, -0.1) is 0 Å². The first-order valence-electron chi connectivity index (χ1n) is 10.8. The van der Waals surface area contributed by atoms with Gasteiger partial charge in [0.2, 0.25) is 5.91 Å². The van der Waals surface area contributed by atoms with Crippen molar-refractivity contribution in [3.8, 4) is 0 Å². The predicted octanol–water partition coefficient (Wildman–Crippen LogP) is 4.49. The molecule has 0 aliphatic rings. The highest BCUT2D eigenvalue weighted by Crippen LogP contribution is 2.25. The first kappa shape index (κ1) is 26.3. The molecule has 33 heavy (non-hydrogen) atoms. The minimum atomic E-state index is -1.10. The Kier molecular flexibility index (Phi) is 9.87. The molecule has 9 heteroatoms. The standard InChI is InChI=1S/C24H32FN5O2S/c1-4-5-12-20(26)22(31)29-21(27)16-8-6-11-19(13-16)33-30-18-10-7-9-17(14-18)28-23(32)24(2,3)15-25/h6-11,13-14,20,30H,4-5,12,15,26H2,1-3H3,(H,28,32)(H2,27,29,31). The summed E-state index contributed by atoms with van der Waals surface area (Å²) in [6, 6.07) is 13.8. The molecule has 0 radical (unpaired) electrons. The van der Waals surface area contributed by atoms with Gasteiger partial charge in [-0.25, -0.2) is 4.39 Å². The third-order valence-corrected chi connectivity index (χ3v) is 5.73. The van der Waals surface area contributed by atoms with Crippen molar-refractivity contribution in [3.63, 3.8) is 0 Å². The van der Waals surface area contributed by atoms with Crippen molar-refractivity contribution in [2.75, 3.05) is 16.7 Å². The van der Waals surface area contributed by atoms with Crippen LogP contribution in [-0.2, 0) is 9.59 Å². The molecule has 1 atom stereocenters. The van der Waals surface area contributed by atoms with Crippen LogP contribution in [0, 0.1) is 5.41 Å². The number of hydrogen-bond donors (Lipinski definition) is 4. The number of benzene rings is 2. The molecule has 178 valence electrons. The maximum atomic E-state index is 13.0. The number of carbonyl (C=O) groups excluding carboxylic acids is 2. The second kappa shape index (κ2) is 12.4. The van der Waals surface area contributed by atoms with Gasteiger partial charge in [-0.2, -0.15) is 4.99 Å². The zero-order valence-corrected chi connectivity index (χ0v) is 20.0. The summed E-state index contributed by atoms with van der Waals surface area (Å²) in [7, 11) is 0. The molecular weight excluding hydrogens is 441 g/mol. The summed E-state index contributed by atoms with van der Waals surface area (Å²) >= 11 is 1.34. The molecule has 1 unspecified atom stereocenters. The number of halogens is 1. The van der Waals surface area contributed by atoms with Crippen molar-refractivity contribution >= 4 is 41.0 Å². The monoisotopic (exact) mass is 473 g/mol. The van der Waals surface area contributed by atoms with Crippen LogP contribution in [-0.4, -0.2) is 30.4 Å². The Hall–Kier alpha value is -2.91. The van der Waals surface area contributed by atoms with E-state index in [1.165, 1.54) is 11.9 Å². The van der Waals surface area contributed by atoms with E-state index in [9.17, 15) is 14.0 Å². The van der Waals surface area contributed by atoms with Crippen molar-refractivity contribution in [3.05, 3.63) is 54.1 Å². The van der Waals surface area contributed by atoms with E-state index in [-0.39, 0.29) is 11.7 Å². The quantitative estimate of drug-likeness (QED) is 0.217. The summed E-state index contributed by atoms with van der Waals surface area (Å²) in [5, 5.41) is 2.73. The summed E-state index contributed by atoms with van der Waals surface area (Å²) < 4.78 is 16.2. The van der Waals surface area contributed by atoms with Crippen molar-refractivity contribution in [1.82, 2.24) is 0 Å². The second-order valence-electron chi connectivity index (χ2n) is 8.37. The molecule has 0 fully saturated rings. The third kappa shape index (κ3) is 8.18. The molecule has 6 N–H and O–H groups in total. The summed E-state index contributed by atoms with van der Waals surface area (Å²) in [5.41, 5.74) is 12.7. The lowest BCUT2D eigenvalue weighted by Crippen LogP contribution is -2.32. The van der Waals surface area contributed by atoms with E-state index in [0.717, 1.165) is 23.4 Å². The van der Waals surface area contributed by atoms with Crippen LogP contribution < -0.4 is 21.5 Å². The Bertz CT molecular complexity index is 996. The predicted molar refractivity (Wildman–Crippen MR) is 134 cm³/mol. The van der Waals surface area contributed by atoms with Crippen molar-refractivity contribution < 1.29 is 14.0 Å². The Labute approximate surface area is 198 Å². The number of nitrogens with one attached hydrogen (secondary N) is 2. The first-order valence-corrected chi connectivity index (χ1v) is 11.6.